The molecule has 0 heterocycles. The molecule has 0 amide bonds. The van der Waals surface area contributed by atoms with Crippen LogP contribution < -0.4 is 5.32 Å². The van der Waals surface area contributed by atoms with E-state index in [0.29, 0.717) is 32.9 Å². The SMILES string of the molecule is CCCCOCCOCC(O)CNCC1(O)CCC1. The minimum atomic E-state index is -0.534. The number of nitrogens with one attached hydrogen (secondary N) is 1. The zero-order valence-electron chi connectivity index (χ0n) is 12.1. The highest BCUT2D eigenvalue weighted by Crippen LogP contribution is 2.30. The van der Waals surface area contributed by atoms with E-state index in [1.54, 1.807) is 0 Å². The van der Waals surface area contributed by atoms with Gasteiger partial charge in [0.15, 0.2) is 0 Å². The third-order valence-corrected chi connectivity index (χ3v) is 3.44. The van der Waals surface area contributed by atoms with Gasteiger partial charge in [0.05, 0.1) is 31.5 Å². The summed E-state index contributed by atoms with van der Waals surface area (Å²) in [6, 6.07) is 0. The van der Waals surface area contributed by atoms with Crippen LogP contribution in [-0.4, -0.2) is 61.4 Å². The number of aliphatic hydroxyl groups excluding tert-OH is 1. The van der Waals surface area contributed by atoms with Crippen molar-refractivity contribution in [2.24, 2.45) is 0 Å². The molecule has 5 nitrogen and oxygen atoms in total. The number of hydrogen-bond acceptors (Lipinski definition) is 5. The van der Waals surface area contributed by atoms with Gasteiger partial charge >= 0.3 is 0 Å². The van der Waals surface area contributed by atoms with Gasteiger partial charge in [0.1, 0.15) is 0 Å². The smallest absolute Gasteiger partial charge is 0.0897 e. The number of unbranched alkanes of at least 4 members (excludes halogenated alkanes) is 1. The molecule has 0 aromatic carbocycles. The van der Waals surface area contributed by atoms with Crippen molar-refractivity contribution in [3.63, 3.8) is 0 Å². The van der Waals surface area contributed by atoms with Gasteiger partial charge in [-0.05, 0) is 25.7 Å². The highest BCUT2D eigenvalue weighted by Gasteiger charge is 2.33. The second kappa shape index (κ2) is 9.66. The third kappa shape index (κ3) is 7.84. The van der Waals surface area contributed by atoms with E-state index in [2.05, 4.69) is 12.2 Å². The predicted molar refractivity (Wildman–Crippen MR) is 74.2 cm³/mol. The highest BCUT2D eigenvalue weighted by molar-refractivity contribution is 4.89. The second-order valence-corrected chi connectivity index (χ2v) is 5.40. The van der Waals surface area contributed by atoms with Crippen molar-refractivity contribution in [3.05, 3.63) is 0 Å². The van der Waals surface area contributed by atoms with Crippen LogP contribution in [0.1, 0.15) is 39.0 Å². The van der Waals surface area contributed by atoms with E-state index in [4.69, 9.17) is 9.47 Å². The summed E-state index contributed by atoms with van der Waals surface area (Å²) in [6.07, 6.45) is 4.51. The monoisotopic (exact) mass is 275 g/mol. The lowest BCUT2D eigenvalue weighted by molar-refractivity contribution is -0.0360. The maximum absolute atomic E-state index is 9.85. The van der Waals surface area contributed by atoms with Crippen molar-refractivity contribution < 1.29 is 19.7 Å². The molecule has 3 N–H and O–H groups in total. The number of rotatable bonds is 12. The standard InChI is InChI=1S/C14H29NO4/c1-2-3-7-18-8-9-19-11-13(16)10-15-12-14(17)5-4-6-14/h13,15-17H,2-12H2,1H3. The van der Waals surface area contributed by atoms with Crippen molar-refractivity contribution in [1.29, 1.82) is 0 Å². The van der Waals surface area contributed by atoms with Gasteiger partial charge in [-0.3, -0.25) is 0 Å². The first kappa shape index (κ1) is 16.9. The van der Waals surface area contributed by atoms with Crippen LogP contribution in [0, 0.1) is 0 Å². The first-order valence-corrected chi connectivity index (χ1v) is 7.43. The molecule has 1 saturated carbocycles. The molecule has 0 aromatic rings. The minimum Gasteiger partial charge on any atom is -0.389 e. The van der Waals surface area contributed by atoms with Crippen LogP contribution in [0.3, 0.4) is 0 Å². The Kier molecular flexibility index (Phi) is 8.57. The Morgan fingerprint density at radius 2 is 1.95 bits per heavy atom. The molecule has 19 heavy (non-hydrogen) atoms. The maximum atomic E-state index is 9.85. The van der Waals surface area contributed by atoms with Gasteiger partial charge < -0.3 is 25.0 Å². The summed E-state index contributed by atoms with van der Waals surface area (Å²) in [6.45, 7) is 5.34. The van der Waals surface area contributed by atoms with Gasteiger partial charge in [-0.2, -0.15) is 0 Å². The molecule has 1 fully saturated rings. The summed E-state index contributed by atoms with van der Waals surface area (Å²) >= 11 is 0. The van der Waals surface area contributed by atoms with Crippen LogP contribution in [0.5, 0.6) is 0 Å². The van der Waals surface area contributed by atoms with Crippen molar-refractivity contribution in [3.8, 4) is 0 Å². The third-order valence-electron chi connectivity index (χ3n) is 3.44. The molecule has 0 radical (unpaired) electrons. The van der Waals surface area contributed by atoms with Crippen LogP contribution in [0.4, 0.5) is 0 Å². The second-order valence-electron chi connectivity index (χ2n) is 5.40. The van der Waals surface area contributed by atoms with Gasteiger partial charge in [0.25, 0.3) is 0 Å². The van der Waals surface area contributed by atoms with Gasteiger partial charge in [0.2, 0.25) is 0 Å². The topological polar surface area (TPSA) is 71.0 Å². The normalized spacial score (nSPS) is 19.1. The Labute approximate surface area is 116 Å². The molecule has 1 aliphatic rings. The Morgan fingerprint density at radius 1 is 1.21 bits per heavy atom. The van der Waals surface area contributed by atoms with Gasteiger partial charge in [-0.1, -0.05) is 13.3 Å². The van der Waals surface area contributed by atoms with Crippen LogP contribution in [0.2, 0.25) is 0 Å². The van der Waals surface area contributed by atoms with E-state index in [1.807, 2.05) is 0 Å². The van der Waals surface area contributed by atoms with Crippen molar-refractivity contribution in [1.82, 2.24) is 5.32 Å². The lowest BCUT2D eigenvalue weighted by Gasteiger charge is -2.36. The van der Waals surface area contributed by atoms with E-state index < -0.39 is 11.7 Å². The van der Waals surface area contributed by atoms with Crippen LogP contribution >= 0.6 is 0 Å². The highest BCUT2D eigenvalue weighted by atomic mass is 16.5. The Hall–Kier alpha value is -0.200. The zero-order valence-corrected chi connectivity index (χ0v) is 12.1. The molecule has 0 aromatic heterocycles. The van der Waals surface area contributed by atoms with E-state index in [1.165, 1.54) is 0 Å². The van der Waals surface area contributed by atoms with Crippen molar-refractivity contribution >= 4 is 0 Å². The van der Waals surface area contributed by atoms with Gasteiger partial charge in [-0.15, -0.1) is 0 Å². The van der Waals surface area contributed by atoms with Crippen LogP contribution in [0.25, 0.3) is 0 Å². The average Bonchev–Trinajstić information content (AvgIpc) is 2.35. The first-order valence-electron chi connectivity index (χ1n) is 7.43. The lowest BCUT2D eigenvalue weighted by atomic mass is 9.80. The molecule has 1 aliphatic carbocycles. The van der Waals surface area contributed by atoms with E-state index in [0.717, 1.165) is 38.7 Å². The number of hydrogen-bond donors (Lipinski definition) is 3. The molecule has 1 atom stereocenters. The molecule has 0 saturated heterocycles. The summed E-state index contributed by atoms with van der Waals surface area (Å²) in [4.78, 5) is 0. The fourth-order valence-corrected chi connectivity index (χ4v) is 1.98. The van der Waals surface area contributed by atoms with Crippen LogP contribution in [0.15, 0.2) is 0 Å². The number of ether oxygens (including phenoxy) is 2. The molecular weight excluding hydrogens is 246 g/mol. The Bertz CT molecular complexity index is 221. The number of aliphatic hydroxyl groups is 2. The van der Waals surface area contributed by atoms with Gasteiger partial charge in [-0.25, -0.2) is 0 Å². The average molecular weight is 275 g/mol. The van der Waals surface area contributed by atoms with E-state index >= 15 is 0 Å². The van der Waals surface area contributed by atoms with Crippen molar-refractivity contribution in [2.45, 2.75) is 50.7 Å². The summed E-state index contributed by atoms with van der Waals surface area (Å²) in [7, 11) is 0. The molecule has 5 heteroatoms. The molecule has 0 aliphatic heterocycles. The van der Waals surface area contributed by atoms with Gasteiger partial charge in [0, 0.05) is 19.7 Å². The fraction of sp³-hybridized carbons (Fsp3) is 1.00. The molecular formula is C14H29NO4. The van der Waals surface area contributed by atoms with Crippen molar-refractivity contribution in [2.75, 3.05) is 39.5 Å². The molecule has 114 valence electrons. The van der Waals surface area contributed by atoms with Crippen LogP contribution in [-0.2, 0) is 9.47 Å². The molecule has 0 bridgehead atoms. The Balaban J connectivity index is 1.83. The first-order chi connectivity index (χ1) is 9.16. The summed E-state index contributed by atoms with van der Waals surface area (Å²) in [5.74, 6) is 0. The summed E-state index contributed by atoms with van der Waals surface area (Å²) in [5, 5.41) is 22.6. The molecule has 1 unspecified atom stereocenters. The Morgan fingerprint density at radius 3 is 2.58 bits per heavy atom. The molecule has 1 rings (SSSR count). The summed E-state index contributed by atoms with van der Waals surface area (Å²) in [5.41, 5.74) is -0.534. The quantitative estimate of drug-likeness (QED) is 0.457. The van der Waals surface area contributed by atoms with E-state index in [-0.39, 0.29) is 0 Å². The fourth-order valence-electron chi connectivity index (χ4n) is 1.98. The largest absolute Gasteiger partial charge is 0.389 e. The molecule has 0 spiro atoms. The maximum Gasteiger partial charge on any atom is 0.0897 e. The lowest BCUT2D eigenvalue weighted by Crippen LogP contribution is -2.48. The predicted octanol–water partition coefficient (Wildman–Crippen LogP) is 0.685. The minimum absolute atomic E-state index is 0.308. The van der Waals surface area contributed by atoms with E-state index in [9.17, 15) is 10.2 Å². The summed E-state index contributed by atoms with van der Waals surface area (Å²) < 4.78 is 10.7. The zero-order chi connectivity index (χ0) is 14.0.